The molecule has 2 nitrogen and oxygen atoms in total. The summed E-state index contributed by atoms with van der Waals surface area (Å²) in [4.78, 5) is 23.8. The molecule has 0 aliphatic heterocycles. The Hall–Kier alpha value is -1.70. The van der Waals surface area contributed by atoms with Gasteiger partial charge in [0.05, 0.1) is 0 Å². The van der Waals surface area contributed by atoms with E-state index >= 15 is 0 Å². The summed E-state index contributed by atoms with van der Waals surface area (Å²) < 4.78 is 0. The Labute approximate surface area is 138 Å². The first-order valence-corrected chi connectivity index (χ1v) is 8.72. The molecule has 4 aliphatic rings. The van der Waals surface area contributed by atoms with E-state index in [4.69, 9.17) is 0 Å². The molecule has 0 saturated heterocycles. The smallest absolute Gasteiger partial charge is 0.178 e. The molecule has 0 radical (unpaired) electrons. The molecule has 1 saturated carbocycles. The van der Waals surface area contributed by atoms with E-state index in [1.54, 1.807) is 13.0 Å². The Morgan fingerprint density at radius 3 is 2.78 bits per heavy atom. The highest BCUT2D eigenvalue weighted by atomic mass is 16.1. The molecule has 23 heavy (non-hydrogen) atoms. The third kappa shape index (κ3) is 1.87. The molecule has 120 valence electrons. The maximum atomic E-state index is 12.0. The van der Waals surface area contributed by atoms with Gasteiger partial charge in [0.25, 0.3) is 0 Å². The number of hydrogen-bond acceptors (Lipinski definition) is 2. The number of rotatable bonds is 1. The van der Waals surface area contributed by atoms with Crippen LogP contribution in [0.1, 0.15) is 46.5 Å². The van der Waals surface area contributed by atoms with E-state index in [1.807, 2.05) is 6.08 Å². The Kier molecular flexibility index (Phi) is 3.01. The minimum atomic E-state index is -0.0862. The lowest BCUT2D eigenvalue weighted by molar-refractivity contribution is -0.115. The zero-order valence-electron chi connectivity index (χ0n) is 14.2. The van der Waals surface area contributed by atoms with Gasteiger partial charge in [0.1, 0.15) is 0 Å². The zero-order valence-corrected chi connectivity index (χ0v) is 14.2. The van der Waals surface area contributed by atoms with Crippen molar-refractivity contribution in [2.45, 2.75) is 46.5 Å². The van der Waals surface area contributed by atoms with Crippen molar-refractivity contribution in [2.75, 3.05) is 0 Å². The van der Waals surface area contributed by atoms with Crippen molar-refractivity contribution >= 4 is 11.6 Å². The maximum absolute atomic E-state index is 12.0. The summed E-state index contributed by atoms with van der Waals surface area (Å²) >= 11 is 0. The van der Waals surface area contributed by atoms with Gasteiger partial charge < -0.3 is 0 Å². The summed E-state index contributed by atoms with van der Waals surface area (Å²) in [5, 5.41) is 0. The zero-order chi connectivity index (χ0) is 16.4. The summed E-state index contributed by atoms with van der Waals surface area (Å²) in [6.45, 7) is 6.24. The lowest BCUT2D eigenvalue weighted by Crippen LogP contribution is -2.43. The second-order valence-corrected chi connectivity index (χ2v) is 8.05. The van der Waals surface area contributed by atoms with Crippen LogP contribution in [-0.4, -0.2) is 11.6 Å². The lowest BCUT2D eigenvalue weighted by Gasteiger charge is -2.51. The molecule has 4 atom stereocenters. The molecule has 0 spiro atoms. The van der Waals surface area contributed by atoms with Crippen molar-refractivity contribution in [3.63, 3.8) is 0 Å². The van der Waals surface area contributed by atoms with Crippen molar-refractivity contribution in [1.82, 2.24) is 0 Å². The molecule has 4 aliphatic carbocycles. The summed E-state index contributed by atoms with van der Waals surface area (Å²) in [5.74, 6) is 1.42. The number of carbonyl (C=O) groups excluding carboxylic acids is 2. The Balaban J connectivity index is 1.77. The van der Waals surface area contributed by atoms with Crippen molar-refractivity contribution < 1.29 is 9.59 Å². The van der Waals surface area contributed by atoms with Crippen molar-refractivity contribution in [1.29, 1.82) is 0 Å². The average molecular weight is 308 g/mol. The topological polar surface area (TPSA) is 34.1 Å². The van der Waals surface area contributed by atoms with Gasteiger partial charge in [0.2, 0.25) is 0 Å². The number of carbonyl (C=O) groups is 2. The number of Topliss-reactive ketones (excluding diaryl/α,β-unsaturated/α-hetero) is 1. The van der Waals surface area contributed by atoms with Crippen molar-refractivity contribution in [2.24, 2.45) is 22.7 Å². The predicted molar refractivity (Wildman–Crippen MR) is 90.7 cm³/mol. The molecule has 0 heterocycles. The van der Waals surface area contributed by atoms with Crippen LogP contribution in [0, 0.1) is 22.7 Å². The summed E-state index contributed by atoms with van der Waals surface area (Å²) in [5.41, 5.74) is 3.72. The van der Waals surface area contributed by atoms with E-state index in [1.165, 1.54) is 11.1 Å². The van der Waals surface area contributed by atoms with Crippen molar-refractivity contribution in [3.05, 3.63) is 47.1 Å². The highest BCUT2D eigenvalue weighted by molar-refractivity contribution is 6.01. The lowest BCUT2D eigenvalue weighted by atomic mass is 9.52. The molecule has 2 heteroatoms. The fraction of sp³-hybridized carbons (Fsp3) is 0.524. The van der Waals surface area contributed by atoms with Crippen LogP contribution in [-0.2, 0) is 9.59 Å². The van der Waals surface area contributed by atoms with Crippen LogP contribution in [0.2, 0.25) is 0 Å². The third-order valence-electron chi connectivity index (χ3n) is 6.91. The van der Waals surface area contributed by atoms with E-state index < -0.39 is 0 Å². The van der Waals surface area contributed by atoms with Crippen LogP contribution < -0.4 is 0 Å². The molecule has 0 aromatic rings. The monoisotopic (exact) mass is 308 g/mol. The Morgan fingerprint density at radius 2 is 2.04 bits per heavy atom. The van der Waals surface area contributed by atoms with E-state index in [-0.39, 0.29) is 22.4 Å². The van der Waals surface area contributed by atoms with Crippen LogP contribution in [0.4, 0.5) is 0 Å². The van der Waals surface area contributed by atoms with Crippen LogP contribution >= 0.6 is 0 Å². The molecule has 0 aromatic carbocycles. The van der Waals surface area contributed by atoms with Gasteiger partial charge in [0.15, 0.2) is 11.6 Å². The molecule has 0 aromatic heterocycles. The fourth-order valence-electron chi connectivity index (χ4n) is 5.65. The quantitative estimate of drug-likeness (QED) is 0.675. The van der Waals surface area contributed by atoms with Gasteiger partial charge in [-0.3, -0.25) is 9.59 Å². The van der Waals surface area contributed by atoms with Gasteiger partial charge in [-0.15, -0.1) is 0 Å². The number of hydrogen-bond donors (Lipinski definition) is 0. The van der Waals surface area contributed by atoms with Gasteiger partial charge in [-0.05, 0) is 69.1 Å². The first-order valence-electron chi connectivity index (χ1n) is 8.72. The van der Waals surface area contributed by atoms with Gasteiger partial charge in [0, 0.05) is 10.8 Å². The highest BCUT2D eigenvalue weighted by Gasteiger charge is 2.53. The molecular formula is C21H24O2. The standard InChI is InChI=1S/C21H24O2/c1-13(22)17-6-7-18-16-5-4-14-12-15(23)8-10-20(14,2)19(16)9-11-21(17,18)3/h6,8-10,12,16,18H,4-5,7,11H2,1-3H3/t16-,18-,20-,21+/m1/s1. The average Bonchev–Trinajstić information content (AvgIpc) is 2.85. The first kappa shape index (κ1) is 14.9. The van der Waals surface area contributed by atoms with Gasteiger partial charge >= 0.3 is 0 Å². The molecule has 4 rings (SSSR count). The summed E-state index contributed by atoms with van der Waals surface area (Å²) in [6.07, 6.45) is 14.3. The van der Waals surface area contributed by atoms with E-state index in [9.17, 15) is 9.59 Å². The van der Waals surface area contributed by atoms with Gasteiger partial charge in [-0.2, -0.15) is 0 Å². The van der Waals surface area contributed by atoms with Crippen LogP contribution in [0.25, 0.3) is 0 Å². The fourth-order valence-corrected chi connectivity index (χ4v) is 5.65. The summed E-state index contributed by atoms with van der Waals surface area (Å²) in [7, 11) is 0. The molecular weight excluding hydrogens is 284 g/mol. The Bertz CT molecular complexity index is 733. The molecule has 1 fully saturated rings. The van der Waals surface area contributed by atoms with Crippen LogP contribution in [0.15, 0.2) is 47.1 Å². The second kappa shape index (κ2) is 4.66. The van der Waals surface area contributed by atoms with E-state index in [0.717, 1.165) is 31.3 Å². The Morgan fingerprint density at radius 1 is 1.26 bits per heavy atom. The third-order valence-corrected chi connectivity index (χ3v) is 6.91. The van der Waals surface area contributed by atoms with E-state index in [0.29, 0.717) is 11.8 Å². The number of ketones is 2. The number of fused-ring (bicyclic) bond motifs is 5. The molecule has 0 bridgehead atoms. The van der Waals surface area contributed by atoms with Crippen LogP contribution in [0.5, 0.6) is 0 Å². The second-order valence-electron chi connectivity index (χ2n) is 8.05. The normalized spacial score (nSPS) is 41.3. The minimum absolute atomic E-state index is 0.00573. The molecule has 0 amide bonds. The van der Waals surface area contributed by atoms with Gasteiger partial charge in [-0.1, -0.05) is 36.3 Å². The van der Waals surface area contributed by atoms with Gasteiger partial charge in [-0.25, -0.2) is 0 Å². The number of allylic oxidation sites excluding steroid dienone is 8. The van der Waals surface area contributed by atoms with E-state index in [2.05, 4.69) is 32.1 Å². The van der Waals surface area contributed by atoms with Crippen molar-refractivity contribution in [3.8, 4) is 0 Å². The summed E-state index contributed by atoms with van der Waals surface area (Å²) in [6, 6.07) is 0. The highest BCUT2D eigenvalue weighted by Crippen LogP contribution is 2.62. The van der Waals surface area contributed by atoms with Crippen LogP contribution in [0.3, 0.4) is 0 Å². The maximum Gasteiger partial charge on any atom is 0.178 e. The first-order chi connectivity index (χ1) is 10.9. The molecule has 0 unspecified atom stereocenters. The SMILES string of the molecule is CC(=O)C1=CC[C@@H]2[C@H]3CCC4=CC(=O)C=C[C@@]4(C)C3=CC[C@@]12C. The largest absolute Gasteiger partial charge is 0.295 e. The minimum Gasteiger partial charge on any atom is -0.295 e. The molecule has 0 N–H and O–H groups in total. The predicted octanol–water partition coefficient (Wildman–Crippen LogP) is 4.34.